The number of hydrogen-bond acceptors (Lipinski definition) is 8. The predicted molar refractivity (Wildman–Crippen MR) is 119 cm³/mol. The molecule has 0 saturated carbocycles. The molecule has 0 spiro atoms. The second-order valence-electron chi connectivity index (χ2n) is 8.30. The normalized spacial score (nSPS) is 18.9. The molecular weight excluding hydrogens is 411 g/mol. The summed E-state index contributed by atoms with van der Waals surface area (Å²) in [7, 11) is 1.74. The predicted octanol–water partition coefficient (Wildman–Crippen LogP) is 2.52. The minimum Gasteiger partial charge on any atom is -0.506 e. The van der Waals surface area contributed by atoms with Gasteiger partial charge in [-0.2, -0.15) is 5.10 Å². The Morgan fingerprint density at radius 3 is 2.50 bits per heavy atom. The lowest BCUT2D eigenvalue weighted by Crippen LogP contribution is -2.54. The van der Waals surface area contributed by atoms with Gasteiger partial charge in [0.1, 0.15) is 11.3 Å². The highest BCUT2D eigenvalue weighted by Gasteiger charge is 2.23. The summed E-state index contributed by atoms with van der Waals surface area (Å²) < 4.78 is 16.0. The van der Waals surface area contributed by atoms with Crippen molar-refractivity contribution in [2.24, 2.45) is 7.05 Å². The van der Waals surface area contributed by atoms with Crippen LogP contribution in [0.2, 0.25) is 0 Å². The Morgan fingerprint density at radius 1 is 1.03 bits per heavy atom. The zero-order chi connectivity index (χ0) is 22.4. The Morgan fingerprint density at radius 2 is 1.81 bits per heavy atom. The second kappa shape index (κ2) is 7.79. The molecule has 9 nitrogen and oxygen atoms in total. The van der Waals surface area contributed by atoms with Crippen molar-refractivity contribution < 1.29 is 9.50 Å². The van der Waals surface area contributed by atoms with E-state index in [9.17, 15) is 9.50 Å². The quantitative estimate of drug-likeness (QED) is 0.507. The van der Waals surface area contributed by atoms with Crippen LogP contribution in [-0.4, -0.2) is 60.2 Å². The Bertz CT molecular complexity index is 1280. The molecule has 1 aliphatic heterocycles. The second-order valence-corrected chi connectivity index (χ2v) is 8.30. The molecule has 32 heavy (non-hydrogen) atoms. The van der Waals surface area contributed by atoms with E-state index in [0.717, 1.165) is 13.1 Å². The molecular formula is C22H23FN8O. The number of pyridine rings is 1. The van der Waals surface area contributed by atoms with E-state index in [1.165, 1.54) is 12.1 Å². The Balaban J connectivity index is 1.42. The maximum Gasteiger partial charge on any atom is 0.204 e. The average molecular weight is 434 g/mol. The molecule has 3 aromatic heterocycles. The summed E-state index contributed by atoms with van der Waals surface area (Å²) >= 11 is 0. The third-order valence-electron chi connectivity index (χ3n) is 5.52. The molecule has 10 heteroatoms. The minimum absolute atomic E-state index is 0.104. The van der Waals surface area contributed by atoms with Crippen LogP contribution in [0.4, 0.5) is 10.2 Å². The molecule has 0 radical (unpaired) electrons. The SMILES string of the molecule is C[C@@H]1CN(c2cnc(-c3ncc(-c4cc(F)c5nn(C)cc5c4)cc3O)nn2)C[C@H](C)N1. The van der Waals surface area contributed by atoms with Crippen LogP contribution in [-0.2, 0) is 7.05 Å². The molecule has 5 rings (SSSR count). The van der Waals surface area contributed by atoms with Gasteiger partial charge in [-0.15, -0.1) is 10.2 Å². The fourth-order valence-corrected chi connectivity index (χ4v) is 4.20. The van der Waals surface area contributed by atoms with E-state index in [1.807, 2.05) is 6.07 Å². The summed E-state index contributed by atoms with van der Waals surface area (Å²) in [6, 6.07) is 5.40. The number of nitrogens with one attached hydrogen (secondary N) is 1. The van der Waals surface area contributed by atoms with E-state index in [4.69, 9.17) is 0 Å². The van der Waals surface area contributed by atoms with Crippen molar-refractivity contribution in [2.45, 2.75) is 25.9 Å². The molecule has 1 aliphatic rings. The van der Waals surface area contributed by atoms with Crippen molar-refractivity contribution in [3.8, 4) is 28.4 Å². The van der Waals surface area contributed by atoms with Gasteiger partial charge in [-0.25, -0.2) is 14.4 Å². The van der Waals surface area contributed by atoms with Gasteiger partial charge in [-0.05, 0) is 37.6 Å². The first-order valence-corrected chi connectivity index (χ1v) is 10.4. The molecule has 0 aliphatic carbocycles. The van der Waals surface area contributed by atoms with Gasteiger partial charge in [-0.3, -0.25) is 4.68 Å². The highest BCUT2D eigenvalue weighted by molar-refractivity contribution is 5.85. The third-order valence-corrected chi connectivity index (χ3v) is 5.52. The number of rotatable bonds is 3. The average Bonchev–Trinajstić information content (AvgIpc) is 3.14. The van der Waals surface area contributed by atoms with Crippen molar-refractivity contribution in [3.63, 3.8) is 0 Å². The number of aryl methyl sites for hydroxylation is 1. The van der Waals surface area contributed by atoms with Crippen molar-refractivity contribution >= 4 is 16.7 Å². The van der Waals surface area contributed by atoms with Gasteiger partial charge >= 0.3 is 0 Å². The topological polar surface area (TPSA) is 105 Å². The first kappa shape index (κ1) is 20.3. The van der Waals surface area contributed by atoms with Gasteiger partial charge in [0.05, 0.1) is 6.20 Å². The number of piperazine rings is 1. The summed E-state index contributed by atoms with van der Waals surface area (Å²) in [6.45, 7) is 5.88. The molecule has 1 aromatic carbocycles. The van der Waals surface area contributed by atoms with Crippen molar-refractivity contribution in [3.05, 3.63) is 42.6 Å². The van der Waals surface area contributed by atoms with E-state index in [2.05, 4.69) is 49.3 Å². The highest BCUT2D eigenvalue weighted by atomic mass is 19.1. The summed E-state index contributed by atoms with van der Waals surface area (Å²) in [5.41, 5.74) is 1.69. The van der Waals surface area contributed by atoms with Crippen LogP contribution in [0.1, 0.15) is 13.8 Å². The molecule has 4 aromatic rings. The molecule has 1 fully saturated rings. The Labute approximate surface area is 183 Å². The van der Waals surface area contributed by atoms with Crippen molar-refractivity contribution in [2.75, 3.05) is 18.0 Å². The van der Waals surface area contributed by atoms with E-state index >= 15 is 0 Å². The molecule has 0 unspecified atom stereocenters. The maximum absolute atomic E-state index is 14.4. The van der Waals surface area contributed by atoms with Crippen LogP contribution >= 0.6 is 0 Å². The molecule has 1 saturated heterocycles. The van der Waals surface area contributed by atoms with E-state index in [-0.39, 0.29) is 17.3 Å². The van der Waals surface area contributed by atoms with Gasteiger partial charge in [0.15, 0.2) is 17.3 Å². The Hall–Kier alpha value is -3.66. The van der Waals surface area contributed by atoms with E-state index in [1.54, 1.807) is 30.3 Å². The van der Waals surface area contributed by atoms with Gasteiger partial charge in [-0.1, -0.05) is 0 Å². The number of nitrogens with zero attached hydrogens (tertiary/aromatic N) is 7. The molecule has 4 heterocycles. The van der Waals surface area contributed by atoms with Crippen molar-refractivity contribution in [1.82, 2.24) is 35.3 Å². The standard InChI is InChI=1S/C22H23FN8O/c1-12-9-31(10-13(2)26-12)19-8-25-22(28-27-19)21-18(32)6-15(7-24-21)14-4-16-11-30(3)29-20(16)17(23)5-14/h4-8,11-13,26,32H,9-10H2,1-3H3/t12-,13+. The number of aromatic hydroxyl groups is 1. The first-order chi connectivity index (χ1) is 15.4. The number of fused-ring (bicyclic) bond motifs is 1. The lowest BCUT2D eigenvalue weighted by atomic mass is 10.0. The largest absolute Gasteiger partial charge is 0.506 e. The zero-order valence-corrected chi connectivity index (χ0v) is 18.0. The number of hydrogen-bond donors (Lipinski definition) is 2. The highest BCUT2D eigenvalue weighted by Crippen LogP contribution is 2.31. The number of halogens is 1. The molecule has 2 N–H and O–H groups in total. The Kier molecular flexibility index (Phi) is 4.93. The maximum atomic E-state index is 14.4. The van der Waals surface area contributed by atoms with Crippen LogP contribution in [0.5, 0.6) is 5.75 Å². The fraction of sp³-hybridized carbons (Fsp3) is 0.318. The van der Waals surface area contributed by atoms with Crippen LogP contribution in [0.3, 0.4) is 0 Å². The van der Waals surface area contributed by atoms with Crippen LogP contribution in [0.25, 0.3) is 33.5 Å². The molecule has 2 atom stereocenters. The van der Waals surface area contributed by atoms with Gasteiger partial charge in [0.2, 0.25) is 5.82 Å². The van der Waals surface area contributed by atoms with Gasteiger partial charge in [0, 0.05) is 55.6 Å². The molecule has 0 bridgehead atoms. The third kappa shape index (κ3) is 3.73. The summed E-state index contributed by atoms with van der Waals surface area (Å²) in [4.78, 5) is 10.8. The van der Waals surface area contributed by atoms with Gasteiger partial charge < -0.3 is 15.3 Å². The summed E-state index contributed by atoms with van der Waals surface area (Å²) in [5.74, 6) is 0.378. The van der Waals surface area contributed by atoms with Crippen LogP contribution in [0, 0.1) is 5.82 Å². The first-order valence-electron chi connectivity index (χ1n) is 10.4. The lowest BCUT2D eigenvalue weighted by molar-refractivity contribution is 0.404. The summed E-state index contributed by atoms with van der Waals surface area (Å²) in [6.07, 6.45) is 4.95. The smallest absolute Gasteiger partial charge is 0.204 e. The van der Waals surface area contributed by atoms with E-state index < -0.39 is 5.82 Å². The minimum atomic E-state index is -0.429. The fourth-order valence-electron chi connectivity index (χ4n) is 4.20. The molecule has 0 amide bonds. The summed E-state index contributed by atoms with van der Waals surface area (Å²) in [5, 5.41) is 27.3. The monoisotopic (exact) mass is 434 g/mol. The van der Waals surface area contributed by atoms with E-state index in [0.29, 0.717) is 39.9 Å². The van der Waals surface area contributed by atoms with Crippen LogP contribution < -0.4 is 10.2 Å². The van der Waals surface area contributed by atoms with Crippen molar-refractivity contribution in [1.29, 1.82) is 0 Å². The lowest BCUT2D eigenvalue weighted by Gasteiger charge is -2.36. The molecule has 164 valence electrons. The number of benzene rings is 1. The van der Waals surface area contributed by atoms with Gasteiger partial charge in [0.25, 0.3) is 0 Å². The van der Waals surface area contributed by atoms with Crippen LogP contribution in [0.15, 0.2) is 36.8 Å². The number of anilines is 1. The number of aromatic nitrogens is 6. The zero-order valence-electron chi connectivity index (χ0n) is 18.0.